The Labute approximate surface area is 147 Å². The Morgan fingerprint density at radius 2 is 1.60 bits per heavy atom. The summed E-state index contributed by atoms with van der Waals surface area (Å²) in [4.78, 5) is 2.35. The predicted molar refractivity (Wildman–Crippen MR) is 95.1 cm³/mol. The summed E-state index contributed by atoms with van der Waals surface area (Å²) >= 11 is 0. The number of rotatable bonds is 3. The molecule has 0 saturated heterocycles. The fourth-order valence-corrected chi connectivity index (χ4v) is 4.33. The average Bonchev–Trinajstić information content (AvgIpc) is 2.85. The van der Waals surface area contributed by atoms with E-state index in [-0.39, 0.29) is 17.7 Å². The number of benzene rings is 2. The molecule has 0 aromatic heterocycles. The molecule has 5 rings (SSSR count). The van der Waals surface area contributed by atoms with E-state index in [1.54, 1.807) is 21.3 Å². The SMILES string of the molecule is COc1cc2c(cc1OC)[C@@H]1Cc3ccc(OC)c(O)c3[C@H]2CN1C. The number of fused-ring (bicyclic) bond motifs is 1. The first kappa shape index (κ1) is 16.1. The molecule has 5 nitrogen and oxygen atoms in total. The summed E-state index contributed by atoms with van der Waals surface area (Å²) in [5, 5.41) is 10.8. The highest BCUT2D eigenvalue weighted by Gasteiger charge is 2.40. The highest BCUT2D eigenvalue weighted by molar-refractivity contribution is 5.61. The van der Waals surface area contributed by atoms with Crippen LogP contribution in [0.15, 0.2) is 24.3 Å². The average molecular weight is 341 g/mol. The number of phenols is 1. The number of ether oxygens (including phenoxy) is 3. The van der Waals surface area contributed by atoms with Crippen LogP contribution in [-0.2, 0) is 6.42 Å². The molecule has 0 amide bonds. The van der Waals surface area contributed by atoms with Crippen LogP contribution in [0.3, 0.4) is 0 Å². The van der Waals surface area contributed by atoms with Gasteiger partial charge < -0.3 is 19.3 Å². The van der Waals surface area contributed by atoms with Crippen molar-refractivity contribution in [2.24, 2.45) is 0 Å². The Balaban J connectivity index is 1.98. The standard InChI is InChI=1S/C20H23NO4/c1-21-10-14-12-8-17(24-3)18(25-4)9-13(12)15(21)7-11-5-6-16(23-2)20(22)19(11)14/h5-6,8-9,14-15,22H,7,10H2,1-4H3/t14-,15-/m0/s1. The molecule has 2 bridgehead atoms. The molecule has 5 heteroatoms. The van der Waals surface area contributed by atoms with Crippen molar-refractivity contribution in [3.8, 4) is 23.0 Å². The highest BCUT2D eigenvalue weighted by Crippen LogP contribution is 2.52. The fourth-order valence-electron chi connectivity index (χ4n) is 4.33. The van der Waals surface area contributed by atoms with Crippen LogP contribution in [0.1, 0.15) is 34.2 Å². The van der Waals surface area contributed by atoms with Crippen LogP contribution in [0.2, 0.25) is 0 Å². The van der Waals surface area contributed by atoms with Gasteiger partial charge in [-0.25, -0.2) is 0 Å². The number of likely N-dealkylation sites (N-methyl/N-ethyl adjacent to an activating group) is 1. The van der Waals surface area contributed by atoms with Gasteiger partial charge in [0.05, 0.1) is 21.3 Å². The van der Waals surface area contributed by atoms with Crippen molar-refractivity contribution in [1.82, 2.24) is 4.90 Å². The zero-order chi connectivity index (χ0) is 17.7. The number of methoxy groups -OCH3 is 3. The van der Waals surface area contributed by atoms with E-state index in [0.29, 0.717) is 5.75 Å². The van der Waals surface area contributed by atoms with Crippen molar-refractivity contribution < 1.29 is 19.3 Å². The first-order valence-corrected chi connectivity index (χ1v) is 8.43. The Bertz CT molecular complexity index is 833. The normalized spacial score (nSPS) is 21.3. The summed E-state index contributed by atoms with van der Waals surface area (Å²) < 4.78 is 16.4. The molecule has 2 atom stereocenters. The van der Waals surface area contributed by atoms with E-state index in [4.69, 9.17) is 14.2 Å². The third-order valence-electron chi connectivity index (χ3n) is 5.58. The summed E-state index contributed by atoms with van der Waals surface area (Å²) in [6.45, 7) is 0.848. The summed E-state index contributed by atoms with van der Waals surface area (Å²) in [5.41, 5.74) is 4.58. The van der Waals surface area contributed by atoms with Crippen LogP contribution >= 0.6 is 0 Å². The predicted octanol–water partition coefficient (Wildman–Crippen LogP) is 3.09. The zero-order valence-electron chi connectivity index (χ0n) is 15.0. The minimum Gasteiger partial charge on any atom is -0.504 e. The molecule has 0 radical (unpaired) electrons. The van der Waals surface area contributed by atoms with E-state index in [0.717, 1.165) is 30.0 Å². The van der Waals surface area contributed by atoms with E-state index in [1.807, 2.05) is 6.07 Å². The monoisotopic (exact) mass is 341 g/mol. The van der Waals surface area contributed by atoms with E-state index in [2.05, 4.69) is 30.1 Å². The Morgan fingerprint density at radius 3 is 2.24 bits per heavy atom. The minimum atomic E-state index is 0.0728. The number of phenolic OH excluding ortho intramolecular Hbond substituents is 1. The number of nitrogens with zero attached hydrogens (tertiary/aromatic N) is 1. The van der Waals surface area contributed by atoms with Crippen molar-refractivity contribution in [1.29, 1.82) is 0 Å². The lowest BCUT2D eigenvalue weighted by molar-refractivity contribution is 0.225. The smallest absolute Gasteiger partial charge is 0.161 e. The quantitative estimate of drug-likeness (QED) is 0.930. The van der Waals surface area contributed by atoms with Gasteiger partial charge in [-0.1, -0.05) is 6.07 Å². The van der Waals surface area contributed by atoms with Crippen molar-refractivity contribution in [2.45, 2.75) is 18.4 Å². The summed E-state index contributed by atoms with van der Waals surface area (Å²) in [6, 6.07) is 8.33. The van der Waals surface area contributed by atoms with Crippen LogP contribution in [0, 0.1) is 0 Å². The maximum atomic E-state index is 10.8. The van der Waals surface area contributed by atoms with Crippen LogP contribution in [0.4, 0.5) is 0 Å². The van der Waals surface area contributed by atoms with Gasteiger partial charge in [0.25, 0.3) is 0 Å². The van der Waals surface area contributed by atoms with Gasteiger partial charge in [-0.3, -0.25) is 4.90 Å². The zero-order valence-corrected chi connectivity index (χ0v) is 15.0. The number of hydrogen-bond acceptors (Lipinski definition) is 5. The second kappa shape index (κ2) is 5.85. The van der Waals surface area contributed by atoms with Gasteiger partial charge in [-0.05, 0) is 48.4 Å². The fraction of sp³-hybridized carbons (Fsp3) is 0.400. The molecule has 2 aliphatic heterocycles. The van der Waals surface area contributed by atoms with E-state index >= 15 is 0 Å². The Hall–Kier alpha value is -2.40. The van der Waals surface area contributed by atoms with Crippen LogP contribution in [0.5, 0.6) is 23.0 Å². The maximum Gasteiger partial charge on any atom is 0.161 e. The second-order valence-corrected chi connectivity index (χ2v) is 6.74. The van der Waals surface area contributed by atoms with Crippen molar-refractivity contribution in [2.75, 3.05) is 34.9 Å². The second-order valence-electron chi connectivity index (χ2n) is 6.74. The molecule has 2 aromatic carbocycles. The minimum absolute atomic E-state index is 0.0728. The molecule has 25 heavy (non-hydrogen) atoms. The molecule has 0 saturated carbocycles. The van der Waals surface area contributed by atoms with Crippen LogP contribution < -0.4 is 14.2 Å². The Kier molecular flexibility index (Phi) is 3.76. The van der Waals surface area contributed by atoms with Crippen molar-refractivity contribution in [3.63, 3.8) is 0 Å². The van der Waals surface area contributed by atoms with Crippen LogP contribution in [-0.4, -0.2) is 44.9 Å². The molecule has 132 valence electrons. The molecule has 0 fully saturated rings. The molecule has 1 aliphatic carbocycles. The van der Waals surface area contributed by atoms with Gasteiger partial charge in [-0.15, -0.1) is 0 Å². The van der Waals surface area contributed by atoms with Gasteiger partial charge in [0, 0.05) is 24.1 Å². The summed E-state index contributed by atoms with van der Waals surface area (Å²) in [5.74, 6) is 2.31. The lowest BCUT2D eigenvalue weighted by Gasteiger charge is -2.36. The third-order valence-corrected chi connectivity index (χ3v) is 5.58. The molecule has 0 unspecified atom stereocenters. The molecule has 3 aliphatic rings. The van der Waals surface area contributed by atoms with Crippen molar-refractivity contribution >= 4 is 0 Å². The van der Waals surface area contributed by atoms with Gasteiger partial charge in [-0.2, -0.15) is 0 Å². The van der Waals surface area contributed by atoms with Gasteiger partial charge in [0.15, 0.2) is 23.0 Å². The first-order chi connectivity index (χ1) is 12.1. The molecule has 1 N–H and O–H groups in total. The van der Waals surface area contributed by atoms with Crippen molar-refractivity contribution in [3.05, 3.63) is 46.5 Å². The lowest BCUT2D eigenvalue weighted by Crippen LogP contribution is -2.34. The number of hydrogen-bond donors (Lipinski definition) is 1. The highest BCUT2D eigenvalue weighted by atomic mass is 16.5. The third kappa shape index (κ3) is 2.26. The molecule has 2 aromatic rings. The van der Waals surface area contributed by atoms with E-state index in [9.17, 15) is 5.11 Å². The van der Waals surface area contributed by atoms with E-state index < -0.39 is 0 Å². The van der Waals surface area contributed by atoms with E-state index in [1.165, 1.54) is 16.7 Å². The van der Waals surface area contributed by atoms with Gasteiger partial charge >= 0.3 is 0 Å². The summed E-state index contributed by atoms with van der Waals surface area (Å²) in [6.07, 6.45) is 0.850. The molecular weight excluding hydrogens is 318 g/mol. The van der Waals surface area contributed by atoms with Crippen LogP contribution in [0.25, 0.3) is 0 Å². The summed E-state index contributed by atoms with van der Waals surface area (Å²) in [7, 11) is 7.04. The molecule has 0 spiro atoms. The largest absolute Gasteiger partial charge is 0.504 e. The van der Waals surface area contributed by atoms with Gasteiger partial charge in [0.2, 0.25) is 0 Å². The maximum absolute atomic E-state index is 10.8. The topological polar surface area (TPSA) is 51.2 Å². The molecular formula is C20H23NO4. The Morgan fingerprint density at radius 1 is 0.960 bits per heavy atom. The van der Waals surface area contributed by atoms with Gasteiger partial charge in [0.1, 0.15) is 0 Å². The lowest BCUT2D eigenvalue weighted by atomic mass is 9.83. The molecule has 2 heterocycles. The first-order valence-electron chi connectivity index (χ1n) is 8.43. The number of aromatic hydroxyl groups is 1.